The Labute approximate surface area is 164 Å². The van der Waals surface area contributed by atoms with E-state index >= 15 is 0 Å². The van der Waals surface area contributed by atoms with Gasteiger partial charge >= 0.3 is 0 Å². The Morgan fingerprint density at radius 3 is 2.29 bits per heavy atom. The number of carbonyl (C=O) groups excluding carboxylic acids is 1. The SMILES string of the molecule is O=C(c1cn(Cc2ccccc2)nc1OCc1ccccc1)N1CCOCC1. The summed E-state index contributed by atoms with van der Waals surface area (Å²) in [4.78, 5) is 14.8. The van der Waals surface area contributed by atoms with Gasteiger partial charge in [0.2, 0.25) is 5.88 Å². The highest BCUT2D eigenvalue weighted by molar-refractivity contribution is 5.96. The van der Waals surface area contributed by atoms with E-state index in [2.05, 4.69) is 5.10 Å². The number of aromatic nitrogens is 2. The van der Waals surface area contributed by atoms with Gasteiger partial charge in [0, 0.05) is 19.3 Å². The fourth-order valence-corrected chi connectivity index (χ4v) is 3.17. The summed E-state index contributed by atoms with van der Waals surface area (Å²) in [5, 5.41) is 4.55. The first-order chi connectivity index (χ1) is 13.8. The van der Waals surface area contributed by atoms with E-state index in [1.807, 2.05) is 60.7 Å². The zero-order chi connectivity index (χ0) is 19.2. The number of rotatable bonds is 6. The summed E-state index contributed by atoms with van der Waals surface area (Å²) in [6, 6.07) is 19.9. The summed E-state index contributed by atoms with van der Waals surface area (Å²) in [6.45, 7) is 3.24. The molecule has 1 amide bonds. The smallest absolute Gasteiger partial charge is 0.261 e. The largest absolute Gasteiger partial charge is 0.471 e. The summed E-state index contributed by atoms with van der Waals surface area (Å²) in [5.74, 6) is 0.307. The van der Waals surface area contributed by atoms with E-state index in [1.165, 1.54) is 0 Å². The van der Waals surface area contributed by atoms with E-state index in [4.69, 9.17) is 9.47 Å². The molecule has 28 heavy (non-hydrogen) atoms. The molecule has 0 spiro atoms. The molecular weight excluding hydrogens is 354 g/mol. The van der Waals surface area contributed by atoms with Crippen LogP contribution in [0.5, 0.6) is 5.88 Å². The van der Waals surface area contributed by atoms with E-state index in [0.717, 1.165) is 11.1 Å². The number of ether oxygens (including phenoxy) is 2. The molecule has 0 atom stereocenters. The number of amides is 1. The van der Waals surface area contributed by atoms with Crippen LogP contribution < -0.4 is 4.74 Å². The van der Waals surface area contributed by atoms with Gasteiger partial charge in [-0.05, 0) is 11.1 Å². The lowest BCUT2D eigenvalue weighted by Gasteiger charge is -2.26. The summed E-state index contributed by atoms with van der Waals surface area (Å²) in [5.41, 5.74) is 2.64. The lowest BCUT2D eigenvalue weighted by molar-refractivity contribution is 0.0300. The number of carbonyl (C=O) groups is 1. The van der Waals surface area contributed by atoms with Crippen LogP contribution >= 0.6 is 0 Å². The molecule has 0 N–H and O–H groups in total. The molecule has 1 aliphatic heterocycles. The van der Waals surface area contributed by atoms with Crippen molar-refractivity contribution in [3.05, 3.63) is 83.6 Å². The van der Waals surface area contributed by atoms with Crippen LogP contribution in [0.4, 0.5) is 0 Å². The molecule has 0 aliphatic carbocycles. The second-order valence-corrected chi connectivity index (χ2v) is 6.71. The molecule has 0 unspecified atom stereocenters. The molecule has 1 aliphatic rings. The van der Waals surface area contributed by atoms with Crippen LogP contribution in [0.15, 0.2) is 66.9 Å². The fourth-order valence-electron chi connectivity index (χ4n) is 3.17. The van der Waals surface area contributed by atoms with Gasteiger partial charge in [-0.25, -0.2) is 0 Å². The summed E-state index contributed by atoms with van der Waals surface area (Å²) in [7, 11) is 0. The number of benzene rings is 2. The minimum atomic E-state index is -0.0642. The quantitative estimate of drug-likeness (QED) is 0.663. The molecule has 144 valence electrons. The number of hydrogen-bond donors (Lipinski definition) is 0. The molecule has 0 radical (unpaired) electrons. The van der Waals surface area contributed by atoms with Crippen LogP contribution in [0.2, 0.25) is 0 Å². The van der Waals surface area contributed by atoms with Crippen LogP contribution in [-0.4, -0.2) is 46.9 Å². The molecule has 6 nitrogen and oxygen atoms in total. The monoisotopic (exact) mass is 377 g/mol. The second kappa shape index (κ2) is 8.71. The van der Waals surface area contributed by atoms with E-state index in [0.29, 0.717) is 50.9 Å². The normalized spacial score (nSPS) is 14.1. The lowest BCUT2D eigenvalue weighted by Crippen LogP contribution is -2.40. The zero-order valence-electron chi connectivity index (χ0n) is 15.7. The Morgan fingerprint density at radius 1 is 0.964 bits per heavy atom. The molecule has 1 fully saturated rings. The van der Waals surface area contributed by atoms with Crippen molar-refractivity contribution < 1.29 is 14.3 Å². The van der Waals surface area contributed by atoms with Crippen molar-refractivity contribution in [3.63, 3.8) is 0 Å². The van der Waals surface area contributed by atoms with Gasteiger partial charge in [-0.1, -0.05) is 60.7 Å². The average Bonchev–Trinajstić information content (AvgIpc) is 3.16. The van der Waals surface area contributed by atoms with E-state index in [-0.39, 0.29) is 5.91 Å². The Balaban J connectivity index is 1.56. The minimum absolute atomic E-state index is 0.0642. The van der Waals surface area contributed by atoms with Crippen LogP contribution in [-0.2, 0) is 17.9 Å². The van der Waals surface area contributed by atoms with Gasteiger partial charge in [0.15, 0.2) is 0 Å². The molecule has 1 saturated heterocycles. The van der Waals surface area contributed by atoms with Gasteiger partial charge in [-0.15, -0.1) is 5.10 Å². The molecule has 2 heterocycles. The first kappa shape index (κ1) is 18.3. The predicted octanol–water partition coefficient (Wildman–Crippen LogP) is 2.98. The van der Waals surface area contributed by atoms with Crippen molar-refractivity contribution in [1.82, 2.24) is 14.7 Å². The van der Waals surface area contributed by atoms with Gasteiger partial charge in [0.05, 0.1) is 19.8 Å². The summed E-state index contributed by atoms with van der Waals surface area (Å²) in [6.07, 6.45) is 1.78. The van der Waals surface area contributed by atoms with Crippen LogP contribution in [0.3, 0.4) is 0 Å². The van der Waals surface area contributed by atoms with Gasteiger partial charge in [0.1, 0.15) is 12.2 Å². The molecule has 1 aromatic heterocycles. The Kier molecular flexibility index (Phi) is 5.68. The van der Waals surface area contributed by atoms with Gasteiger partial charge in [0.25, 0.3) is 5.91 Å². The number of hydrogen-bond acceptors (Lipinski definition) is 4. The Bertz CT molecular complexity index is 903. The Hall–Kier alpha value is -3.12. The first-order valence-electron chi connectivity index (χ1n) is 9.45. The highest BCUT2D eigenvalue weighted by Gasteiger charge is 2.25. The van der Waals surface area contributed by atoms with E-state index in [1.54, 1.807) is 15.8 Å². The van der Waals surface area contributed by atoms with Gasteiger partial charge in [-0.3, -0.25) is 9.48 Å². The van der Waals surface area contributed by atoms with Crippen molar-refractivity contribution in [2.75, 3.05) is 26.3 Å². The topological polar surface area (TPSA) is 56.6 Å². The van der Waals surface area contributed by atoms with Crippen LogP contribution in [0, 0.1) is 0 Å². The van der Waals surface area contributed by atoms with Crippen molar-refractivity contribution in [1.29, 1.82) is 0 Å². The number of morpholine rings is 1. The van der Waals surface area contributed by atoms with Crippen LogP contribution in [0.1, 0.15) is 21.5 Å². The third-order valence-corrected chi connectivity index (χ3v) is 4.66. The van der Waals surface area contributed by atoms with Gasteiger partial charge in [-0.2, -0.15) is 0 Å². The van der Waals surface area contributed by atoms with Crippen molar-refractivity contribution in [2.24, 2.45) is 0 Å². The molecule has 4 rings (SSSR count). The minimum Gasteiger partial charge on any atom is -0.471 e. The Morgan fingerprint density at radius 2 is 1.61 bits per heavy atom. The molecule has 0 bridgehead atoms. The highest BCUT2D eigenvalue weighted by Crippen LogP contribution is 2.21. The number of nitrogens with zero attached hydrogens (tertiary/aromatic N) is 3. The summed E-state index contributed by atoms with van der Waals surface area (Å²) < 4.78 is 13.1. The maximum absolute atomic E-state index is 13.0. The molecule has 0 saturated carbocycles. The fraction of sp³-hybridized carbons (Fsp3) is 0.273. The molecule has 6 heteroatoms. The summed E-state index contributed by atoms with van der Waals surface area (Å²) >= 11 is 0. The average molecular weight is 377 g/mol. The zero-order valence-corrected chi connectivity index (χ0v) is 15.7. The third kappa shape index (κ3) is 4.40. The van der Waals surface area contributed by atoms with E-state index < -0.39 is 0 Å². The standard InChI is InChI=1S/C22H23N3O3/c26-22(24-11-13-27-14-12-24)20-16-25(15-18-7-3-1-4-8-18)23-21(20)28-17-19-9-5-2-6-10-19/h1-10,16H,11-15,17H2. The molecular formula is C22H23N3O3. The van der Waals surface area contributed by atoms with Gasteiger partial charge < -0.3 is 14.4 Å². The maximum atomic E-state index is 13.0. The lowest BCUT2D eigenvalue weighted by atomic mass is 10.2. The molecule has 2 aromatic carbocycles. The van der Waals surface area contributed by atoms with Crippen molar-refractivity contribution >= 4 is 5.91 Å². The third-order valence-electron chi connectivity index (χ3n) is 4.66. The second-order valence-electron chi connectivity index (χ2n) is 6.71. The van der Waals surface area contributed by atoms with E-state index in [9.17, 15) is 4.79 Å². The van der Waals surface area contributed by atoms with Crippen molar-refractivity contribution in [3.8, 4) is 5.88 Å². The molecule has 3 aromatic rings. The predicted molar refractivity (Wildman–Crippen MR) is 105 cm³/mol. The van der Waals surface area contributed by atoms with Crippen LogP contribution in [0.25, 0.3) is 0 Å². The highest BCUT2D eigenvalue weighted by atomic mass is 16.5. The maximum Gasteiger partial charge on any atom is 0.261 e. The van der Waals surface area contributed by atoms with Crippen molar-refractivity contribution in [2.45, 2.75) is 13.2 Å². The first-order valence-corrected chi connectivity index (χ1v) is 9.45.